The molecule has 4 aliphatic rings. The highest BCUT2D eigenvalue weighted by Crippen LogP contribution is 2.66. The number of fused-ring (bicyclic) bond motifs is 5. The van der Waals surface area contributed by atoms with Crippen molar-refractivity contribution in [2.75, 3.05) is 0 Å². The number of rotatable bonds is 0. The van der Waals surface area contributed by atoms with Crippen LogP contribution in [0.3, 0.4) is 0 Å². The third kappa shape index (κ3) is 1.87. The Kier molecular flexibility index (Phi) is 3.39. The second kappa shape index (κ2) is 4.97. The predicted molar refractivity (Wildman–Crippen MR) is 91.5 cm³/mol. The number of aliphatic hydroxyl groups is 1. The molecule has 3 saturated carbocycles. The van der Waals surface area contributed by atoms with Crippen LogP contribution in [0, 0.1) is 28.6 Å². The largest absolute Gasteiger partial charge is 0.393 e. The molecule has 22 heavy (non-hydrogen) atoms. The van der Waals surface area contributed by atoms with Crippen LogP contribution < -0.4 is 0 Å². The van der Waals surface area contributed by atoms with Crippen molar-refractivity contribution in [3.63, 3.8) is 0 Å². The van der Waals surface area contributed by atoms with Crippen LogP contribution in [-0.2, 0) is 0 Å². The summed E-state index contributed by atoms with van der Waals surface area (Å²) in [6.45, 7) is 7.33. The maximum Gasteiger partial charge on any atom is 0.0577 e. The van der Waals surface area contributed by atoms with Crippen LogP contribution in [0.4, 0.5) is 0 Å². The fourth-order valence-electron chi connectivity index (χ4n) is 6.96. The molecule has 0 heterocycles. The van der Waals surface area contributed by atoms with E-state index in [1.165, 1.54) is 38.5 Å². The van der Waals surface area contributed by atoms with Crippen molar-refractivity contribution in [2.45, 2.75) is 78.2 Å². The lowest BCUT2D eigenvalue weighted by Crippen LogP contribution is -2.49. The SMILES string of the molecule is C/C=C1\CCC2C3CC=C4C[C@@H](O)CCC4(C)C3CC[C@]12C. The first-order valence-electron chi connectivity index (χ1n) is 9.52. The molecule has 0 aliphatic heterocycles. The topological polar surface area (TPSA) is 20.2 Å². The van der Waals surface area contributed by atoms with Gasteiger partial charge in [-0.1, -0.05) is 37.1 Å². The zero-order valence-electron chi connectivity index (χ0n) is 14.6. The lowest BCUT2D eigenvalue weighted by molar-refractivity contribution is -0.0268. The van der Waals surface area contributed by atoms with Crippen molar-refractivity contribution in [3.8, 4) is 0 Å². The number of aliphatic hydroxyl groups excluding tert-OH is 1. The van der Waals surface area contributed by atoms with E-state index < -0.39 is 0 Å². The lowest BCUT2D eigenvalue weighted by Gasteiger charge is -2.57. The summed E-state index contributed by atoms with van der Waals surface area (Å²) in [5.74, 6) is 2.66. The van der Waals surface area contributed by atoms with E-state index in [0.717, 1.165) is 30.6 Å². The first kappa shape index (κ1) is 15.0. The molecule has 6 atom stereocenters. The van der Waals surface area contributed by atoms with Crippen molar-refractivity contribution >= 4 is 0 Å². The Labute approximate surface area is 135 Å². The van der Waals surface area contributed by atoms with Gasteiger partial charge in [-0.25, -0.2) is 0 Å². The highest BCUT2D eigenvalue weighted by Gasteiger charge is 2.56. The Bertz CT molecular complexity index is 530. The van der Waals surface area contributed by atoms with E-state index in [0.29, 0.717) is 10.8 Å². The molecule has 4 rings (SSSR count). The quantitative estimate of drug-likeness (QED) is 0.605. The Morgan fingerprint density at radius 1 is 1.09 bits per heavy atom. The molecule has 0 bridgehead atoms. The first-order chi connectivity index (χ1) is 10.5. The normalized spacial score (nSPS) is 52.7. The summed E-state index contributed by atoms with van der Waals surface area (Å²) in [6, 6.07) is 0. The lowest BCUT2D eigenvalue weighted by atomic mass is 9.48. The van der Waals surface area contributed by atoms with Gasteiger partial charge in [-0.05, 0) is 86.9 Å². The zero-order chi connectivity index (χ0) is 15.5. The Hall–Kier alpha value is -0.560. The smallest absolute Gasteiger partial charge is 0.0577 e. The minimum absolute atomic E-state index is 0.0779. The summed E-state index contributed by atoms with van der Waals surface area (Å²) in [5, 5.41) is 10.1. The third-order valence-corrected chi connectivity index (χ3v) is 8.27. The van der Waals surface area contributed by atoms with E-state index in [2.05, 4.69) is 32.9 Å². The maximum atomic E-state index is 10.1. The molecule has 4 aliphatic carbocycles. The number of hydrogen-bond acceptors (Lipinski definition) is 1. The van der Waals surface area contributed by atoms with Crippen molar-refractivity contribution < 1.29 is 5.11 Å². The van der Waals surface area contributed by atoms with Gasteiger partial charge in [0.1, 0.15) is 0 Å². The van der Waals surface area contributed by atoms with Crippen LogP contribution in [0.1, 0.15) is 72.1 Å². The molecule has 0 aromatic heterocycles. The van der Waals surface area contributed by atoms with Gasteiger partial charge in [0.25, 0.3) is 0 Å². The van der Waals surface area contributed by atoms with Crippen LogP contribution in [0.25, 0.3) is 0 Å². The van der Waals surface area contributed by atoms with Gasteiger partial charge in [0.15, 0.2) is 0 Å². The summed E-state index contributed by atoms with van der Waals surface area (Å²) in [4.78, 5) is 0. The van der Waals surface area contributed by atoms with E-state index in [9.17, 15) is 5.11 Å². The highest BCUT2D eigenvalue weighted by atomic mass is 16.3. The first-order valence-corrected chi connectivity index (χ1v) is 9.52. The van der Waals surface area contributed by atoms with Crippen LogP contribution >= 0.6 is 0 Å². The summed E-state index contributed by atoms with van der Waals surface area (Å²) in [5.41, 5.74) is 4.23. The molecular weight excluding hydrogens is 268 g/mol. The van der Waals surface area contributed by atoms with Gasteiger partial charge in [-0.3, -0.25) is 0 Å². The Morgan fingerprint density at radius 2 is 1.82 bits per heavy atom. The van der Waals surface area contributed by atoms with Crippen molar-refractivity contribution in [1.29, 1.82) is 0 Å². The van der Waals surface area contributed by atoms with E-state index in [4.69, 9.17) is 0 Å². The van der Waals surface area contributed by atoms with Gasteiger partial charge >= 0.3 is 0 Å². The summed E-state index contributed by atoms with van der Waals surface area (Å²) in [7, 11) is 0. The Balaban J connectivity index is 1.69. The minimum atomic E-state index is -0.0779. The third-order valence-electron chi connectivity index (χ3n) is 8.27. The van der Waals surface area contributed by atoms with Crippen molar-refractivity contribution in [3.05, 3.63) is 23.3 Å². The summed E-state index contributed by atoms with van der Waals surface area (Å²) in [6.07, 6.45) is 14.9. The average molecular weight is 300 g/mol. The van der Waals surface area contributed by atoms with E-state index in [-0.39, 0.29) is 6.10 Å². The Morgan fingerprint density at radius 3 is 2.59 bits per heavy atom. The monoisotopic (exact) mass is 300 g/mol. The molecule has 0 spiro atoms. The van der Waals surface area contributed by atoms with Gasteiger partial charge < -0.3 is 5.11 Å². The van der Waals surface area contributed by atoms with E-state index >= 15 is 0 Å². The van der Waals surface area contributed by atoms with Gasteiger partial charge in [-0.15, -0.1) is 0 Å². The average Bonchev–Trinajstić information content (AvgIpc) is 2.84. The molecule has 3 fully saturated rings. The zero-order valence-corrected chi connectivity index (χ0v) is 14.6. The maximum absolute atomic E-state index is 10.1. The predicted octanol–water partition coefficient (Wildman–Crippen LogP) is 5.26. The van der Waals surface area contributed by atoms with E-state index in [1.807, 2.05) is 0 Å². The molecule has 122 valence electrons. The molecule has 0 amide bonds. The fourth-order valence-corrected chi connectivity index (χ4v) is 6.96. The van der Waals surface area contributed by atoms with Gasteiger partial charge in [0, 0.05) is 0 Å². The van der Waals surface area contributed by atoms with Gasteiger partial charge in [-0.2, -0.15) is 0 Å². The highest BCUT2D eigenvalue weighted by molar-refractivity contribution is 5.29. The van der Waals surface area contributed by atoms with Crippen LogP contribution in [0.2, 0.25) is 0 Å². The van der Waals surface area contributed by atoms with Gasteiger partial charge in [0.05, 0.1) is 6.10 Å². The van der Waals surface area contributed by atoms with E-state index in [1.54, 1.807) is 11.1 Å². The molecule has 0 aromatic carbocycles. The van der Waals surface area contributed by atoms with Crippen LogP contribution in [0.5, 0.6) is 0 Å². The molecule has 0 saturated heterocycles. The number of allylic oxidation sites excluding steroid dienone is 3. The molecule has 0 radical (unpaired) electrons. The molecule has 0 aromatic rings. The molecule has 1 nitrogen and oxygen atoms in total. The van der Waals surface area contributed by atoms with Crippen LogP contribution in [-0.4, -0.2) is 11.2 Å². The van der Waals surface area contributed by atoms with Crippen LogP contribution in [0.15, 0.2) is 23.3 Å². The minimum Gasteiger partial charge on any atom is -0.393 e. The van der Waals surface area contributed by atoms with Gasteiger partial charge in [0.2, 0.25) is 0 Å². The standard InChI is InChI=1S/C21H32O/c1-4-14-6-8-18-17-7-5-15-13-16(22)9-11-21(15,3)19(17)10-12-20(14,18)2/h4-5,16-19,22H,6-13H2,1-3H3/b14-4+/t16-,17?,18?,19?,20+,21?/m0/s1. The van der Waals surface area contributed by atoms with Crippen molar-refractivity contribution in [2.24, 2.45) is 28.6 Å². The fraction of sp³-hybridized carbons (Fsp3) is 0.810. The molecule has 1 heteroatoms. The molecule has 1 N–H and O–H groups in total. The molecular formula is C21H32O. The molecule has 4 unspecified atom stereocenters. The second-order valence-corrected chi connectivity index (χ2v) is 8.96. The summed E-state index contributed by atoms with van der Waals surface area (Å²) < 4.78 is 0. The summed E-state index contributed by atoms with van der Waals surface area (Å²) >= 11 is 0. The van der Waals surface area contributed by atoms with Crippen molar-refractivity contribution in [1.82, 2.24) is 0 Å². The number of hydrogen-bond donors (Lipinski definition) is 1. The second-order valence-electron chi connectivity index (χ2n) is 8.96.